The third kappa shape index (κ3) is 7.45. The summed E-state index contributed by atoms with van der Waals surface area (Å²) >= 11 is 0. The Morgan fingerprint density at radius 2 is 1.93 bits per heavy atom. The maximum Gasteiger partial charge on any atom is 0.191 e. The molecule has 8 heteroatoms. The van der Waals surface area contributed by atoms with Crippen LogP contribution in [0.4, 0.5) is 0 Å². The molecule has 0 aliphatic rings. The molecule has 2 N–H and O–H groups in total. The molecule has 2 heterocycles. The van der Waals surface area contributed by atoms with E-state index < -0.39 is 0 Å². The number of nitrogens with one attached hydrogen (secondary N) is 2. The average Bonchev–Trinajstić information content (AvgIpc) is 3.15. The Labute approximate surface area is 179 Å². The molecule has 0 amide bonds. The van der Waals surface area contributed by atoms with Crippen molar-refractivity contribution in [2.45, 2.75) is 46.3 Å². The second-order valence-electron chi connectivity index (χ2n) is 6.77. The van der Waals surface area contributed by atoms with E-state index in [-0.39, 0.29) is 24.0 Å². The lowest BCUT2D eigenvalue weighted by Crippen LogP contribution is -2.45. The highest BCUT2D eigenvalue weighted by Gasteiger charge is 2.12. The first-order valence-electron chi connectivity index (χ1n) is 9.14. The molecule has 7 nitrogen and oxygen atoms in total. The molecular formula is C19H32IN7. The van der Waals surface area contributed by atoms with Crippen LogP contribution in [0.2, 0.25) is 0 Å². The maximum atomic E-state index is 4.37. The molecule has 27 heavy (non-hydrogen) atoms. The molecule has 0 aromatic carbocycles. The van der Waals surface area contributed by atoms with Gasteiger partial charge in [-0.1, -0.05) is 0 Å². The highest BCUT2D eigenvalue weighted by molar-refractivity contribution is 14.0. The third-order valence-electron chi connectivity index (χ3n) is 4.25. The number of aliphatic imine (C=N–C) groups is 1. The van der Waals surface area contributed by atoms with E-state index in [1.807, 2.05) is 29.1 Å². The Kier molecular flexibility index (Phi) is 10.3. The van der Waals surface area contributed by atoms with Crippen molar-refractivity contribution >= 4 is 29.9 Å². The van der Waals surface area contributed by atoms with Crippen LogP contribution in [-0.2, 0) is 6.54 Å². The van der Waals surface area contributed by atoms with Crippen LogP contribution in [-0.4, -0.2) is 57.6 Å². The molecule has 0 saturated heterocycles. The topological polar surface area (TPSA) is 70.4 Å². The fourth-order valence-electron chi connectivity index (χ4n) is 2.93. The van der Waals surface area contributed by atoms with E-state index in [0.717, 1.165) is 30.4 Å². The van der Waals surface area contributed by atoms with E-state index in [9.17, 15) is 0 Å². The van der Waals surface area contributed by atoms with Gasteiger partial charge in [0.05, 0.1) is 0 Å². The van der Waals surface area contributed by atoms with E-state index in [4.69, 9.17) is 0 Å². The predicted molar refractivity (Wildman–Crippen MR) is 122 cm³/mol. The van der Waals surface area contributed by atoms with E-state index in [0.29, 0.717) is 18.6 Å². The molecule has 0 bridgehead atoms. The summed E-state index contributed by atoms with van der Waals surface area (Å²) in [6.45, 7) is 11.4. The van der Waals surface area contributed by atoms with Crippen molar-refractivity contribution in [2.75, 3.05) is 20.1 Å². The Morgan fingerprint density at radius 3 is 2.52 bits per heavy atom. The normalized spacial score (nSPS) is 11.8. The lowest BCUT2D eigenvalue weighted by molar-refractivity contribution is 0.178. The summed E-state index contributed by atoms with van der Waals surface area (Å²) in [4.78, 5) is 15.2. The summed E-state index contributed by atoms with van der Waals surface area (Å²) in [6, 6.07) is 5.11. The smallest absolute Gasteiger partial charge is 0.191 e. The number of nitrogens with zero attached hydrogens (tertiary/aromatic N) is 5. The first-order valence-corrected chi connectivity index (χ1v) is 9.14. The summed E-state index contributed by atoms with van der Waals surface area (Å²) < 4.78 is 1.89. The summed E-state index contributed by atoms with van der Waals surface area (Å²) in [5, 5.41) is 6.75. The molecule has 0 radical (unpaired) electrons. The Bertz CT molecular complexity index is 675. The molecule has 2 rings (SSSR count). The molecule has 2 aromatic heterocycles. The van der Waals surface area contributed by atoms with Gasteiger partial charge in [-0.15, -0.1) is 24.0 Å². The van der Waals surface area contributed by atoms with Crippen molar-refractivity contribution in [1.29, 1.82) is 0 Å². The summed E-state index contributed by atoms with van der Waals surface area (Å²) in [5.41, 5.74) is 1.14. The van der Waals surface area contributed by atoms with Gasteiger partial charge < -0.3 is 10.6 Å². The minimum Gasteiger partial charge on any atom is -0.355 e. The van der Waals surface area contributed by atoms with Crippen LogP contribution < -0.4 is 10.6 Å². The molecule has 0 fully saturated rings. The number of hydrogen-bond donors (Lipinski definition) is 2. The molecule has 0 saturated carbocycles. The number of guanidine groups is 1. The van der Waals surface area contributed by atoms with Crippen LogP contribution in [0.1, 0.15) is 33.3 Å². The van der Waals surface area contributed by atoms with Crippen LogP contribution >= 0.6 is 24.0 Å². The zero-order chi connectivity index (χ0) is 18.9. The molecule has 0 unspecified atom stereocenters. The lowest BCUT2D eigenvalue weighted by Gasteiger charge is -2.30. The number of aromatic nitrogens is 3. The van der Waals surface area contributed by atoms with Crippen LogP contribution in [0.5, 0.6) is 0 Å². The fourth-order valence-corrected chi connectivity index (χ4v) is 2.93. The highest BCUT2D eigenvalue weighted by Crippen LogP contribution is 2.07. The molecule has 0 atom stereocenters. The average molecular weight is 485 g/mol. The quantitative estimate of drug-likeness (QED) is 0.342. The maximum absolute atomic E-state index is 4.37. The second kappa shape index (κ2) is 11.9. The molecule has 0 aliphatic carbocycles. The summed E-state index contributed by atoms with van der Waals surface area (Å²) in [6.07, 6.45) is 7.19. The molecule has 2 aromatic rings. The van der Waals surface area contributed by atoms with Crippen molar-refractivity contribution in [2.24, 2.45) is 4.99 Å². The van der Waals surface area contributed by atoms with Gasteiger partial charge in [0.1, 0.15) is 12.1 Å². The monoisotopic (exact) mass is 485 g/mol. The van der Waals surface area contributed by atoms with E-state index in [1.165, 1.54) is 0 Å². The van der Waals surface area contributed by atoms with Gasteiger partial charge in [-0.3, -0.25) is 14.5 Å². The van der Waals surface area contributed by atoms with Crippen LogP contribution in [0.3, 0.4) is 0 Å². The zero-order valence-electron chi connectivity index (χ0n) is 16.9. The molecule has 0 aliphatic heterocycles. The summed E-state index contributed by atoms with van der Waals surface area (Å²) in [7, 11) is 1.79. The Balaban J connectivity index is 0.00000364. The standard InChI is InChI=1S/C19H31N7.HI/c1-15(2)26(16(3)4)11-9-23-19(20-5)24-13-17-6-7-22-18(12-17)25-10-8-21-14-25;/h6-8,10,12,14-16H,9,11,13H2,1-5H3,(H2,20,23,24);1H. The van der Waals surface area contributed by atoms with Gasteiger partial charge in [-0.2, -0.15) is 0 Å². The largest absolute Gasteiger partial charge is 0.355 e. The zero-order valence-corrected chi connectivity index (χ0v) is 19.2. The van der Waals surface area contributed by atoms with Gasteiger partial charge in [0.15, 0.2) is 5.96 Å². The van der Waals surface area contributed by atoms with Gasteiger partial charge in [0.2, 0.25) is 0 Å². The number of halogens is 1. The van der Waals surface area contributed by atoms with E-state index in [2.05, 4.69) is 58.2 Å². The molecule has 150 valence electrons. The predicted octanol–water partition coefficient (Wildman–Crippen LogP) is 2.67. The lowest BCUT2D eigenvalue weighted by atomic mass is 10.2. The first kappa shape index (κ1) is 23.4. The second-order valence-corrected chi connectivity index (χ2v) is 6.77. The van der Waals surface area contributed by atoms with Crippen LogP contribution in [0, 0.1) is 0 Å². The van der Waals surface area contributed by atoms with Crippen LogP contribution in [0.25, 0.3) is 5.82 Å². The van der Waals surface area contributed by atoms with Crippen molar-refractivity contribution in [3.63, 3.8) is 0 Å². The van der Waals surface area contributed by atoms with Gasteiger partial charge in [0.25, 0.3) is 0 Å². The number of rotatable bonds is 8. The van der Waals surface area contributed by atoms with Gasteiger partial charge in [-0.05, 0) is 45.4 Å². The van der Waals surface area contributed by atoms with Gasteiger partial charge in [-0.25, -0.2) is 9.97 Å². The fraction of sp³-hybridized carbons (Fsp3) is 0.526. The highest BCUT2D eigenvalue weighted by atomic mass is 127. The minimum absolute atomic E-state index is 0. The van der Waals surface area contributed by atoms with Gasteiger partial charge >= 0.3 is 0 Å². The Hall–Kier alpha value is -1.68. The van der Waals surface area contributed by atoms with Gasteiger partial charge in [0, 0.05) is 57.4 Å². The van der Waals surface area contributed by atoms with E-state index in [1.54, 1.807) is 19.6 Å². The number of hydrogen-bond acceptors (Lipinski definition) is 4. The molecule has 0 spiro atoms. The van der Waals surface area contributed by atoms with Crippen molar-refractivity contribution in [3.05, 3.63) is 42.6 Å². The minimum atomic E-state index is 0. The molecular weight excluding hydrogens is 453 g/mol. The van der Waals surface area contributed by atoms with Crippen molar-refractivity contribution < 1.29 is 0 Å². The van der Waals surface area contributed by atoms with E-state index >= 15 is 0 Å². The van der Waals surface area contributed by atoms with Crippen molar-refractivity contribution in [3.8, 4) is 5.82 Å². The third-order valence-corrected chi connectivity index (χ3v) is 4.25. The first-order chi connectivity index (χ1) is 12.5. The number of imidazole rings is 1. The van der Waals surface area contributed by atoms with Crippen LogP contribution in [0.15, 0.2) is 42.0 Å². The Morgan fingerprint density at radius 1 is 1.19 bits per heavy atom. The SMILES string of the molecule is CN=C(NCCN(C(C)C)C(C)C)NCc1ccnc(-n2ccnc2)c1.I. The van der Waals surface area contributed by atoms with Crippen molar-refractivity contribution in [1.82, 2.24) is 30.1 Å². The number of pyridine rings is 1. The summed E-state index contributed by atoms with van der Waals surface area (Å²) in [5.74, 6) is 1.66.